The van der Waals surface area contributed by atoms with Crippen molar-refractivity contribution in [2.75, 3.05) is 19.8 Å². The summed E-state index contributed by atoms with van der Waals surface area (Å²) in [5.41, 5.74) is -1.38. The third-order valence-electron chi connectivity index (χ3n) is 18.6. The Balaban J connectivity index is 2.20. The molecule has 0 radical (unpaired) electrons. The van der Waals surface area contributed by atoms with Crippen molar-refractivity contribution in [2.45, 2.75) is 256 Å². The highest BCUT2D eigenvalue weighted by molar-refractivity contribution is 7.81. The maximum Gasteiger partial charge on any atom is 0.312 e. The summed E-state index contributed by atoms with van der Waals surface area (Å²) in [6.07, 6.45) is 22.0. The number of carbonyl (C=O) groups is 4. The van der Waals surface area contributed by atoms with Gasteiger partial charge in [-0.05, 0) is 170 Å². The Kier molecular flexibility index (Phi) is 25.6. The molecule has 2 aliphatic rings. The first-order chi connectivity index (χ1) is 32.4. The van der Waals surface area contributed by atoms with Gasteiger partial charge in [0.1, 0.15) is 11.6 Å². The summed E-state index contributed by atoms with van der Waals surface area (Å²) in [6.45, 7) is 46.0. The number of rotatable bonds is 33. The van der Waals surface area contributed by atoms with E-state index in [1.165, 1.54) is 44.9 Å². The molecule has 2 saturated carbocycles. The van der Waals surface area contributed by atoms with Crippen molar-refractivity contribution >= 4 is 36.1 Å². The third-order valence-corrected chi connectivity index (χ3v) is 18.9. The molecule has 70 heavy (non-hydrogen) atoms. The smallest absolute Gasteiger partial charge is 0.312 e. The van der Waals surface area contributed by atoms with Crippen LogP contribution in [0.4, 0.5) is 0 Å². The topological polar surface area (TPSA) is 102 Å². The lowest BCUT2D eigenvalue weighted by Crippen LogP contribution is -2.56. The van der Waals surface area contributed by atoms with Crippen LogP contribution in [-0.2, 0) is 28.7 Å². The highest BCUT2D eigenvalue weighted by Crippen LogP contribution is 2.62. The van der Waals surface area contributed by atoms with Crippen LogP contribution in [0.25, 0.3) is 0 Å². The number of hydrogen-bond donors (Lipinski definition) is 2. The number of allylic oxidation sites excluding steroid dienone is 3. The number of nitrogens with zero attached hydrogens (tertiary/aromatic N) is 1. The molecule has 2 fully saturated rings. The molecule has 9 heteroatoms. The number of carbonyl (C=O) groups excluding carboxylic acids is 4. The van der Waals surface area contributed by atoms with E-state index >= 15 is 0 Å². The van der Waals surface area contributed by atoms with E-state index in [4.69, 9.17) is 9.47 Å². The monoisotopic (exact) mass is 997 g/mol. The van der Waals surface area contributed by atoms with E-state index in [1.54, 1.807) is 13.8 Å². The van der Waals surface area contributed by atoms with E-state index in [2.05, 4.69) is 133 Å². The quantitative estimate of drug-likeness (QED) is 0.0290. The number of esters is 2. The van der Waals surface area contributed by atoms with Gasteiger partial charge in [0.05, 0.1) is 29.3 Å². The summed E-state index contributed by atoms with van der Waals surface area (Å²) in [6, 6.07) is 0.920. The number of Topliss-reactive ketones (excluding diaryl/α,β-unsaturated/α-hetero) is 2. The molecule has 1 N–H and O–H groups in total. The van der Waals surface area contributed by atoms with Gasteiger partial charge in [0.25, 0.3) is 0 Å². The van der Waals surface area contributed by atoms with Crippen molar-refractivity contribution in [2.24, 2.45) is 50.2 Å². The lowest BCUT2D eigenvalue weighted by Gasteiger charge is -2.57. The molecule has 4 atom stereocenters. The maximum absolute atomic E-state index is 14.7. The second-order valence-electron chi connectivity index (χ2n) is 25.8. The van der Waals surface area contributed by atoms with E-state index in [9.17, 15) is 19.2 Å². The van der Waals surface area contributed by atoms with E-state index in [1.807, 2.05) is 6.08 Å². The lowest BCUT2D eigenvalue weighted by molar-refractivity contribution is -0.183. The number of ether oxygens (including phenoxy) is 2. The highest BCUT2D eigenvalue weighted by atomic mass is 32.1. The Morgan fingerprint density at radius 1 is 0.729 bits per heavy atom. The largest absolute Gasteiger partial charge is 0.465 e. The van der Waals surface area contributed by atoms with Crippen LogP contribution in [0.3, 0.4) is 0 Å². The Bertz CT molecular complexity index is 1690. The van der Waals surface area contributed by atoms with Gasteiger partial charge in [-0.25, -0.2) is 0 Å². The van der Waals surface area contributed by atoms with Crippen molar-refractivity contribution in [3.05, 3.63) is 37.2 Å². The Morgan fingerprint density at radius 2 is 1.27 bits per heavy atom. The summed E-state index contributed by atoms with van der Waals surface area (Å²) in [4.78, 5) is 55.8. The molecule has 404 valence electrons. The van der Waals surface area contributed by atoms with Crippen molar-refractivity contribution in [3.8, 4) is 0 Å². The van der Waals surface area contributed by atoms with E-state index in [-0.39, 0.29) is 40.8 Å². The van der Waals surface area contributed by atoms with Crippen LogP contribution in [0.2, 0.25) is 0 Å². The molecule has 0 aliphatic heterocycles. The SMILES string of the molecule is C=CCCC(=C)N(CCCOC(=O)C(C)(CC(C)(C)C(C)(C)C(C)(CC(C)(C)C(C)CCCC)C(=O)OCCCC(=O)C(C)S)C(C)(C)C)C1CCC(CC2CCC(NC(=C)CCC(C)=O)CC2)CC1. The zero-order valence-corrected chi connectivity index (χ0v) is 48.9. The standard InChI is InChI=1S/C61H108N2O6S/c1-19-21-25-44(3)57(11,12)42-61(18,55(67)68-39-23-27-53(65)48(7)70)59(15,16)58(13,14)43-60(17,56(8,9)10)54(66)69-40-24-38-63(46(5)26-22-20-2)52-36-32-50(33-37-52)41-49-30-34-51(35-31-49)62-45(4)28-29-47(6)64/h20,44,48-52,62,70H,2,4-5,19,21-43H2,1,3,6-18H3. The van der Waals surface area contributed by atoms with Crippen LogP contribution in [-0.4, -0.2) is 65.5 Å². The minimum absolute atomic E-state index is 0.0491. The summed E-state index contributed by atoms with van der Waals surface area (Å²) in [5, 5.41) is 3.27. The normalized spacial score (nSPS) is 21.8. The van der Waals surface area contributed by atoms with Crippen LogP contribution in [0.15, 0.2) is 37.2 Å². The molecule has 0 aromatic heterocycles. The molecular formula is C61H108N2O6S. The molecule has 2 aliphatic carbocycles. The predicted octanol–water partition coefficient (Wildman–Crippen LogP) is 15.6. The van der Waals surface area contributed by atoms with E-state index in [0.717, 1.165) is 87.6 Å². The molecule has 4 unspecified atom stereocenters. The van der Waals surface area contributed by atoms with Gasteiger partial charge in [0.15, 0.2) is 0 Å². The van der Waals surface area contributed by atoms with E-state index in [0.29, 0.717) is 56.7 Å². The number of thiol groups is 1. The lowest BCUT2D eigenvalue weighted by atomic mass is 9.46. The van der Waals surface area contributed by atoms with Crippen molar-refractivity contribution in [1.82, 2.24) is 10.2 Å². The fourth-order valence-electron chi connectivity index (χ4n) is 11.8. The summed E-state index contributed by atoms with van der Waals surface area (Å²) in [5.74, 6) is 1.77. The maximum atomic E-state index is 14.7. The molecule has 0 bridgehead atoms. The minimum atomic E-state index is -0.910. The average molecular weight is 998 g/mol. The second kappa shape index (κ2) is 28.2. The number of hydrogen-bond acceptors (Lipinski definition) is 9. The molecule has 0 aromatic carbocycles. The van der Waals surface area contributed by atoms with Gasteiger partial charge in [-0.1, -0.05) is 115 Å². The first-order valence-electron chi connectivity index (χ1n) is 27.9. The minimum Gasteiger partial charge on any atom is -0.465 e. The van der Waals surface area contributed by atoms with Gasteiger partial charge in [0.2, 0.25) is 0 Å². The first kappa shape index (κ1) is 63.6. The molecule has 0 aromatic rings. The fourth-order valence-corrected chi connectivity index (χ4v) is 11.9. The van der Waals surface area contributed by atoms with Crippen LogP contribution in [0, 0.1) is 50.2 Å². The van der Waals surface area contributed by atoms with Crippen molar-refractivity contribution in [3.63, 3.8) is 0 Å². The second-order valence-corrected chi connectivity index (χ2v) is 26.6. The van der Waals surface area contributed by atoms with Crippen LogP contribution in [0.1, 0.15) is 239 Å². The van der Waals surface area contributed by atoms with Crippen LogP contribution >= 0.6 is 12.6 Å². The summed E-state index contributed by atoms with van der Waals surface area (Å²) >= 11 is 4.30. The van der Waals surface area contributed by atoms with E-state index < -0.39 is 27.1 Å². The zero-order chi connectivity index (χ0) is 53.3. The highest BCUT2D eigenvalue weighted by Gasteiger charge is 2.60. The number of ketones is 2. The van der Waals surface area contributed by atoms with Crippen molar-refractivity contribution < 1.29 is 28.7 Å². The molecule has 0 amide bonds. The van der Waals surface area contributed by atoms with Crippen LogP contribution in [0.5, 0.6) is 0 Å². The zero-order valence-electron chi connectivity index (χ0n) is 48.0. The fraction of sp³-hybridized carbons (Fsp3) is 0.836. The number of nitrogens with one attached hydrogen (secondary N) is 1. The molecule has 0 heterocycles. The van der Waals surface area contributed by atoms with Gasteiger partial charge >= 0.3 is 11.9 Å². The average Bonchev–Trinajstić information content (AvgIpc) is 3.27. The van der Waals surface area contributed by atoms with Crippen LogP contribution < -0.4 is 5.32 Å². The Morgan fingerprint density at radius 3 is 1.79 bits per heavy atom. The molecular weight excluding hydrogens is 889 g/mol. The Hall–Kier alpha value is -2.55. The van der Waals surface area contributed by atoms with Gasteiger partial charge < -0.3 is 24.5 Å². The van der Waals surface area contributed by atoms with Crippen molar-refractivity contribution in [1.29, 1.82) is 0 Å². The molecule has 0 saturated heterocycles. The predicted molar refractivity (Wildman–Crippen MR) is 298 cm³/mol. The molecule has 0 spiro atoms. The molecule has 2 rings (SSSR count). The third kappa shape index (κ3) is 18.4. The first-order valence-corrected chi connectivity index (χ1v) is 28.4. The van der Waals surface area contributed by atoms with Gasteiger partial charge in [0, 0.05) is 42.9 Å². The number of unbranched alkanes of at least 4 members (excludes halogenated alkanes) is 1. The molecule has 8 nitrogen and oxygen atoms in total. The Labute approximate surface area is 436 Å². The summed E-state index contributed by atoms with van der Waals surface area (Å²) < 4.78 is 12.5. The van der Waals surface area contributed by atoms with Gasteiger partial charge in [-0.2, -0.15) is 12.6 Å². The van der Waals surface area contributed by atoms with Gasteiger partial charge in [-0.15, -0.1) is 6.58 Å². The summed E-state index contributed by atoms with van der Waals surface area (Å²) in [7, 11) is 0. The van der Waals surface area contributed by atoms with Gasteiger partial charge in [-0.3, -0.25) is 14.4 Å².